The zero-order valence-corrected chi connectivity index (χ0v) is 16.2. The second-order valence-corrected chi connectivity index (χ2v) is 6.24. The highest BCUT2D eigenvalue weighted by molar-refractivity contribution is 6.30. The van der Waals surface area contributed by atoms with Crippen LogP contribution in [0.5, 0.6) is 11.5 Å². The maximum atomic E-state index is 12.3. The Labute approximate surface area is 167 Å². The van der Waals surface area contributed by atoms with Gasteiger partial charge in [0.15, 0.2) is 11.5 Å². The lowest BCUT2D eigenvalue weighted by Crippen LogP contribution is -2.13. The summed E-state index contributed by atoms with van der Waals surface area (Å²) < 4.78 is 10.5. The first kappa shape index (κ1) is 19.4. The fourth-order valence-electron chi connectivity index (χ4n) is 2.48. The average Bonchev–Trinajstić information content (AvgIpc) is 2.72. The maximum absolute atomic E-state index is 12.3. The molecule has 0 aliphatic carbocycles. The molecule has 1 aromatic heterocycles. The Morgan fingerprint density at radius 2 is 1.79 bits per heavy atom. The standard InChI is InChI=1S/C20H19ClN4O3/c1-27-17-7-6-13(8-18(17)28-2)10-22-20-23-11-14(12-24-20)19(26)25-16-5-3-4-15(21)9-16/h3-9,11-12H,10H2,1-2H3,(H,25,26)(H,22,23,24). The van der Waals surface area contributed by atoms with Gasteiger partial charge in [0.2, 0.25) is 5.95 Å². The highest BCUT2D eigenvalue weighted by Gasteiger charge is 2.09. The van der Waals surface area contributed by atoms with Crippen LogP contribution in [0.3, 0.4) is 0 Å². The summed E-state index contributed by atoms with van der Waals surface area (Å²) >= 11 is 5.92. The van der Waals surface area contributed by atoms with Crippen molar-refractivity contribution in [3.05, 3.63) is 71.0 Å². The van der Waals surface area contributed by atoms with Gasteiger partial charge in [-0.3, -0.25) is 4.79 Å². The van der Waals surface area contributed by atoms with E-state index in [1.165, 1.54) is 12.4 Å². The number of amides is 1. The summed E-state index contributed by atoms with van der Waals surface area (Å²) in [7, 11) is 3.18. The molecule has 8 heteroatoms. The zero-order valence-electron chi connectivity index (χ0n) is 15.4. The van der Waals surface area contributed by atoms with Crippen LogP contribution < -0.4 is 20.1 Å². The number of aromatic nitrogens is 2. The number of benzene rings is 2. The molecule has 0 spiro atoms. The molecule has 144 valence electrons. The Kier molecular flexibility index (Phi) is 6.29. The summed E-state index contributed by atoms with van der Waals surface area (Å²) in [6.07, 6.45) is 2.92. The normalized spacial score (nSPS) is 10.2. The Bertz CT molecular complexity index is 964. The lowest BCUT2D eigenvalue weighted by molar-refractivity contribution is 0.102. The van der Waals surface area contributed by atoms with E-state index >= 15 is 0 Å². The van der Waals surface area contributed by atoms with E-state index in [1.54, 1.807) is 38.5 Å². The molecule has 0 saturated heterocycles. The topological polar surface area (TPSA) is 85.4 Å². The first-order valence-electron chi connectivity index (χ1n) is 8.43. The molecule has 1 heterocycles. The molecule has 3 rings (SSSR count). The largest absolute Gasteiger partial charge is 0.493 e. The fourth-order valence-corrected chi connectivity index (χ4v) is 2.67. The minimum absolute atomic E-state index is 0.311. The Morgan fingerprint density at radius 1 is 1.04 bits per heavy atom. The highest BCUT2D eigenvalue weighted by Crippen LogP contribution is 2.27. The molecule has 0 atom stereocenters. The third-order valence-electron chi connectivity index (χ3n) is 3.90. The van der Waals surface area contributed by atoms with Gasteiger partial charge in [0.05, 0.1) is 19.8 Å². The number of rotatable bonds is 7. The molecular weight excluding hydrogens is 380 g/mol. The average molecular weight is 399 g/mol. The number of anilines is 2. The van der Waals surface area contributed by atoms with Gasteiger partial charge in [0, 0.05) is 29.6 Å². The lowest BCUT2D eigenvalue weighted by Gasteiger charge is -2.10. The summed E-state index contributed by atoms with van der Waals surface area (Å²) in [5, 5.41) is 6.40. The maximum Gasteiger partial charge on any atom is 0.258 e. The van der Waals surface area contributed by atoms with Gasteiger partial charge in [-0.15, -0.1) is 0 Å². The Morgan fingerprint density at radius 3 is 2.46 bits per heavy atom. The monoisotopic (exact) mass is 398 g/mol. The number of nitrogens with zero attached hydrogens (tertiary/aromatic N) is 2. The van der Waals surface area contributed by atoms with Gasteiger partial charge in [0.25, 0.3) is 5.91 Å². The summed E-state index contributed by atoms with van der Waals surface area (Å²) in [5.74, 6) is 1.41. The molecule has 0 saturated carbocycles. The van der Waals surface area contributed by atoms with Crippen molar-refractivity contribution in [2.75, 3.05) is 24.9 Å². The first-order valence-corrected chi connectivity index (χ1v) is 8.80. The summed E-state index contributed by atoms with van der Waals surface area (Å²) in [6, 6.07) is 12.5. The molecule has 1 amide bonds. The van der Waals surface area contributed by atoms with Gasteiger partial charge >= 0.3 is 0 Å². The fraction of sp³-hybridized carbons (Fsp3) is 0.150. The van der Waals surface area contributed by atoms with Gasteiger partial charge in [-0.2, -0.15) is 0 Å². The molecule has 0 aliphatic heterocycles. The van der Waals surface area contributed by atoms with Crippen LogP contribution in [-0.4, -0.2) is 30.1 Å². The van der Waals surface area contributed by atoms with E-state index in [9.17, 15) is 4.79 Å². The van der Waals surface area contributed by atoms with Crippen molar-refractivity contribution in [2.24, 2.45) is 0 Å². The number of methoxy groups -OCH3 is 2. The van der Waals surface area contributed by atoms with Gasteiger partial charge < -0.3 is 20.1 Å². The van der Waals surface area contributed by atoms with E-state index in [2.05, 4.69) is 20.6 Å². The third kappa shape index (κ3) is 4.89. The first-order chi connectivity index (χ1) is 13.6. The molecule has 2 N–H and O–H groups in total. The molecule has 0 fully saturated rings. The van der Waals surface area contributed by atoms with Crippen LogP contribution in [0.1, 0.15) is 15.9 Å². The van der Waals surface area contributed by atoms with Crippen LogP contribution in [0.4, 0.5) is 11.6 Å². The van der Waals surface area contributed by atoms with E-state index < -0.39 is 0 Å². The van der Waals surface area contributed by atoms with Crippen molar-refractivity contribution in [3.63, 3.8) is 0 Å². The molecule has 0 aliphatic rings. The van der Waals surface area contributed by atoms with Gasteiger partial charge in [-0.25, -0.2) is 9.97 Å². The number of nitrogens with one attached hydrogen (secondary N) is 2. The third-order valence-corrected chi connectivity index (χ3v) is 4.13. The van der Waals surface area contributed by atoms with Crippen LogP contribution in [0.15, 0.2) is 54.9 Å². The Hall–Kier alpha value is -3.32. The van der Waals surface area contributed by atoms with E-state index in [1.807, 2.05) is 18.2 Å². The molecule has 2 aromatic carbocycles. The van der Waals surface area contributed by atoms with Crippen LogP contribution in [-0.2, 0) is 6.54 Å². The predicted octanol–water partition coefficient (Wildman–Crippen LogP) is 4.01. The van der Waals surface area contributed by atoms with Crippen LogP contribution in [0, 0.1) is 0 Å². The van der Waals surface area contributed by atoms with Gasteiger partial charge in [0.1, 0.15) is 0 Å². The number of halogens is 1. The van der Waals surface area contributed by atoms with E-state index in [4.69, 9.17) is 21.1 Å². The number of hydrogen-bond donors (Lipinski definition) is 2. The van der Waals surface area contributed by atoms with Crippen LogP contribution in [0.2, 0.25) is 5.02 Å². The van der Waals surface area contributed by atoms with E-state index in [0.717, 1.165) is 5.56 Å². The number of hydrogen-bond acceptors (Lipinski definition) is 6. The van der Waals surface area contributed by atoms with Crippen molar-refractivity contribution >= 4 is 29.1 Å². The second kappa shape index (κ2) is 9.05. The van der Waals surface area contributed by atoms with Crippen molar-refractivity contribution in [2.45, 2.75) is 6.54 Å². The SMILES string of the molecule is COc1ccc(CNc2ncc(C(=O)Nc3cccc(Cl)c3)cn2)cc1OC. The predicted molar refractivity (Wildman–Crippen MR) is 108 cm³/mol. The molecule has 7 nitrogen and oxygen atoms in total. The van der Waals surface area contributed by atoms with Crippen molar-refractivity contribution < 1.29 is 14.3 Å². The van der Waals surface area contributed by atoms with Crippen molar-refractivity contribution in [1.29, 1.82) is 0 Å². The lowest BCUT2D eigenvalue weighted by atomic mass is 10.2. The van der Waals surface area contributed by atoms with Gasteiger partial charge in [-0.1, -0.05) is 23.7 Å². The van der Waals surface area contributed by atoms with E-state index in [0.29, 0.717) is 40.3 Å². The van der Waals surface area contributed by atoms with Crippen LogP contribution >= 0.6 is 11.6 Å². The Balaban J connectivity index is 1.60. The quantitative estimate of drug-likeness (QED) is 0.625. The molecule has 0 unspecified atom stereocenters. The zero-order chi connectivity index (χ0) is 19.9. The minimum atomic E-state index is -0.311. The summed E-state index contributed by atoms with van der Waals surface area (Å²) in [5.41, 5.74) is 1.92. The van der Waals surface area contributed by atoms with E-state index in [-0.39, 0.29) is 5.91 Å². The number of carbonyl (C=O) groups is 1. The highest BCUT2D eigenvalue weighted by atomic mass is 35.5. The molecule has 0 radical (unpaired) electrons. The van der Waals surface area contributed by atoms with Gasteiger partial charge in [-0.05, 0) is 35.9 Å². The summed E-state index contributed by atoms with van der Waals surface area (Å²) in [6.45, 7) is 0.494. The molecule has 3 aromatic rings. The molecular formula is C20H19ClN4O3. The number of ether oxygens (including phenoxy) is 2. The second-order valence-electron chi connectivity index (χ2n) is 5.80. The van der Waals surface area contributed by atoms with Crippen molar-refractivity contribution in [3.8, 4) is 11.5 Å². The molecule has 0 bridgehead atoms. The summed E-state index contributed by atoms with van der Waals surface area (Å²) in [4.78, 5) is 20.6. The number of carbonyl (C=O) groups excluding carboxylic acids is 1. The molecule has 28 heavy (non-hydrogen) atoms. The smallest absolute Gasteiger partial charge is 0.258 e. The van der Waals surface area contributed by atoms with Crippen molar-refractivity contribution in [1.82, 2.24) is 9.97 Å². The minimum Gasteiger partial charge on any atom is -0.493 e. The van der Waals surface area contributed by atoms with Crippen LogP contribution in [0.25, 0.3) is 0 Å².